The summed E-state index contributed by atoms with van der Waals surface area (Å²) in [7, 11) is 1.80. The summed E-state index contributed by atoms with van der Waals surface area (Å²) in [6, 6.07) is 5.37. The van der Waals surface area contributed by atoms with Crippen LogP contribution < -0.4 is 14.8 Å². The molecule has 0 saturated carbocycles. The molecule has 0 radical (unpaired) electrons. The van der Waals surface area contributed by atoms with Crippen LogP contribution in [0.15, 0.2) is 24.3 Å². The molecule has 1 aromatic carbocycles. The molecule has 148 valence electrons. The molecule has 1 amide bonds. The number of anilines is 1. The third kappa shape index (κ3) is 4.33. The van der Waals surface area contributed by atoms with Crippen molar-refractivity contribution in [3.05, 3.63) is 41.2 Å². The Labute approximate surface area is 163 Å². The standard InChI is InChI=1S/C20H23N3O5/c1-12-19(13(2)23(4)22-12)21-20(25)14(3)28-18(24)8-6-15-5-7-16-17(11-15)27-10-9-26-16/h5-8,11,14H,9-10H2,1-4H3,(H,21,25)/b8-6+/t14-/m1/s1. The number of rotatable bonds is 5. The molecule has 1 aliphatic heterocycles. The lowest BCUT2D eigenvalue weighted by Crippen LogP contribution is -2.29. The maximum Gasteiger partial charge on any atom is 0.331 e. The summed E-state index contributed by atoms with van der Waals surface area (Å²) in [5, 5.41) is 7.00. The van der Waals surface area contributed by atoms with Gasteiger partial charge < -0.3 is 19.5 Å². The van der Waals surface area contributed by atoms with E-state index in [1.54, 1.807) is 42.9 Å². The minimum absolute atomic E-state index is 0.416. The van der Waals surface area contributed by atoms with Gasteiger partial charge in [0, 0.05) is 13.1 Å². The number of carbonyl (C=O) groups excluding carboxylic acids is 2. The van der Waals surface area contributed by atoms with Crippen molar-refractivity contribution in [1.82, 2.24) is 9.78 Å². The summed E-state index contributed by atoms with van der Waals surface area (Å²) < 4.78 is 17.8. The molecule has 8 heteroatoms. The second-order valence-electron chi connectivity index (χ2n) is 6.47. The van der Waals surface area contributed by atoms with Crippen molar-refractivity contribution in [1.29, 1.82) is 0 Å². The Bertz CT molecular complexity index is 932. The molecular formula is C20H23N3O5. The minimum Gasteiger partial charge on any atom is -0.486 e. The van der Waals surface area contributed by atoms with Gasteiger partial charge >= 0.3 is 5.97 Å². The number of hydrogen-bond acceptors (Lipinski definition) is 6. The Morgan fingerprint density at radius 3 is 2.64 bits per heavy atom. The Morgan fingerprint density at radius 2 is 1.96 bits per heavy atom. The van der Waals surface area contributed by atoms with Crippen LogP contribution in [0.25, 0.3) is 6.08 Å². The zero-order chi connectivity index (χ0) is 20.3. The average Bonchev–Trinajstić information content (AvgIpc) is 2.92. The molecular weight excluding hydrogens is 362 g/mol. The Kier molecular flexibility index (Phi) is 5.67. The van der Waals surface area contributed by atoms with Gasteiger partial charge in [-0.1, -0.05) is 6.07 Å². The van der Waals surface area contributed by atoms with E-state index < -0.39 is 18.0 Å². The van der Waals surface area contributed by atoms with Crippen LogP contribution in [-0.4, -0.2) is 41.0 Å². The highest BCUT2D eigenvalue weighted by Gasteiger charge is 2.20. The lowest BCUT2D eigenvalue weighted by Gasteiger charge is -2.18. The van der Waals surface area contributed by atoms with Crippen molar-refractivity contribution < 1.29 is 23.8 Å². The van der Waals surface area contributed by atoms with Crippen molar-refractivity contribution in [3.8, 4) is 11.5 Å². The molecule has 0 unspecified atom stereocenters. The van der Waals surface area contributed by atoms with E-state index in [-0.39, 0.29) is 0 Å². The van der Waals surface area contributed by atoms with Gasteiger partial charge in [-0.15, -0.1) is 0 Å². The zero-order valence-corrected chi connectivity index (χ0v) is 16.3. The summed E-state index contributed by atoms with van der Waals surface area (Å²) in [4.78, 5) is 24.4. The molecule has 0 saturated heterocycles. The summed E-state index contributed by atoms with van der Waals surface area (Å²) in [5.74, 6) is 0.284. The number of nitrogens with zero attached hydrogens (tertiary/aromatic N) is 2. The van der Waals surface area contributed by atoms with E-state index >= 15 is 0 Å². The lowest BCUT2D eigenvalue weighted by molar-refractivity contribution is -0.148. The van der Waals surface area contributed by atoms with E-state index in [4.69, 9.17) is 14.2 Å². The molecule has 1 aromatic heterocycles. The number of esters is 1. The summed E-state index contributed by atoms with van der Waals surface area (Å²) in [6.07, 6.45) is 1.92. The highest BCUT2D eigenvalue weighted by Crippen LogP contribution is 2.31. The third-order valence-corrected chi connectivity index (χ3v) is 4.40. The lowest BCUT2D eigenvalue weighted by atomic mass is 10.2. The molecule has 0 fully saturated rings. The van der Waals surface area contributed by atoms with Crippen molar-refractivity contribution in [2.24, 2.45) is 7.05 Å². The van der Waals surface area contributed by atoms with Gasteiger partial charge in [-0.2, -0.15) is 5.10 Å². The van der Waals surface area contributed by atoms with Gasteiger partial charge in [-0.05, 0) is 44.5 Å². The number of benzene rings is 1. The molecule has 0 aliphatic carbocycles. The van der Waals surface area contributed by atoms with Gasteiger partial charge in [0.25, 0.3) is 5.91 Å². The van der Waals surface area contributed by atoms with Crippen LogP contribution in [0.1, 0.15) is 23.9 Å². The monoisotopic (exact) mass is 385 g/mol. The van der Waals surface area contributed by atoms with Crippen LogP contribution in [0.4, 0.5) is 5.69 Å². The molecule has 1 N–H and O–H groups in total. The number of fused-ring (bicyclic) bond motifs is 1. The largest absolute Gasteiger partial charge is 0.486 e. The van der Waals surface area contributed by atoms with Crippen LogP contribution in [0, 0.1) is 13.8 Å². The summed E-state index contributed by atoms with van der Waals surface area (Å²) >= 11 is 0. The van der Waals surface area contributed by atoms with E-state index in [1.807, 2.05) is 6.92 Å². The summed E-state index contributed by atoms with van der Waals surface area (Å²) in [6.45, 7) is 6.18. The maximum absolute atomic E-state index is 12.3. The normalized spacial score (nSPS) is 14.0. The topological polar surface area (TPSA) is 91.7 Å². The van der Waals surface area contributed by atoms with E-state index in [0.717, 1.165) is 11.3 Å². The molecule has 28 heavy (non-hydrogen) atoms. The van der Waals surface area contributed by atoms with Crippen molar-refractivity contribution in [2.45, 2.75) is 26.9 Å². The number of aryl methyl sites for hydroxylation is 2. The fourth-order valence-electron chi connectivity index (χ4n) is 2.77. The second kappa shape index (κ2) is 8.16. The number of aromatic nitrogens is 2. The smallest absolute Gasteiger partial charge is 0.331 e. The van der Waals surface area contributed by atoms with E-state index in [2.05, 4.69) is 10.4 Å². The van der Waals surface area contributed by atoms with Gasteiger partial charge in [0.15, 0.2) is 17.6 Å². The van der Waals surface area contributed by atoms with Gasteiger partial charge in [0.1, 0.15) is 13.2 Å². The highest BCUT2D eigenvalue weighted by molar-refractivity contribution is 5.97. The first-order valence-electron chi connectivity index (χ1n) is 8.94. The van der Waals surface area contributed by atoms with Crippen molar-refractivity contribution in [2.75, 3.05) is 18.5 Å². The Morgan fingerprint density at radius 1 is 1.25 bits per heavy atom. The first-order valence-corrected chi connectivity index (χ1v) is 8.94. The number of nitrogens with one attached hydrogen (secondary N) is 1. The van der Waals surface area contributed by atoms with E-state index in [9.17, 15) is 9.59 Å². The maximum atomic E-state index is 12.3. The number of hydrogen-bond donors (Lipinski definition) is 1. The fourth-order valence-corrected chi connectivity index (χ4v) is 2.77. The first-order chi connectivity index (χ1) is 13.3. The van der Waals surface area contributed by atoms with Gasteiger partial charge in [0.05, 0.1) is 17.1 Å². The van der Waals surface area contributed by atoms with Gasteiger partial charge in [-0.25, -0.2) is 4.79 Å². The molecule has 0 bridgehead atoms. The molecule has 2 heterocycles. The number of amides is 1. The molecule has 0 spiro atoms. The predicted molar refractivity (Wildman–Crippen MR) is 103 cm³/mol. The van der Waals surface area contributed by atoms with E-state index in [0.29, 0.717) is 36.1 Å². The number of ether oxygens (including phenoxy) is 3. The highest BCUT2D eigenvalue weighted by atomic mass is 16.6. The molecule has 3 rings (SSSR count). The molecule has 1 aliphatic rings. The molecule has 1 atom stereocenters. The second-order valence-corrected chi connectivity index (χ2v) is 6.47. The van der Waals surface area contributed by atoms with Crippen molar-refractivity contribution in [3.63, 3.8) is 0 Å². The van der Waals surface area contributed by atoms with Crippen LogP contribution >= 0.6 is 0 Å². The minimum atomic E-state index is -0.948. The number of carbonyl (C=O) groups is 2. The first kappa shape index (κ1) is 19.5. The van der Waals surface area contributed by atoms with Crippen LogP contribution in [-0.2, 0) is 21.4 Å². The third-order valence-electron chi connectivity index (χ3n) is 4.40. The molecule has 8 nitrogen and oxygen atoms in total. The fraction of sp³-hybridized carbons (Fsp3) is 0.350. The van der Waals surface area contributed by atoms with Crippen LogP contribution in [0.2, 0.25) is 0 Å². The quantitative estimate of drug-likeness (QED) is 0.628. The van der Waals surface area contributed by atoms with E-state index in [1.165, 1.54) is 13.0 Å². The van der Waals surface area contributed by atoms with Crippen molar-refractivity contribution >= 4 is 23.6 Å². The Hall–Kier alpha value is -3.29. The SMILES string of the molecule is Cc1nn(C)c(C)c1NC(=O)[C@@H](C)OC(=O)/C=C/c1ccc2c(c1)OCCO2. The molecule has 2 aromatic rings. The van der Waals surface area contributed by atoms with Crippen LogP contribution in [0.3, 0.4) is 0 Å². The van der Waals surface area contributed by atoms with Gasteiger partial charge in [-0.3, -0.25) is 9.48 Å². The summed E-state index contributed by atoms with van der Waals surface area (Å²) in [5.41, 5.74) is 2.91. The predicted octanol–water partition coefficient (Wildman–Crippen LogP) is 2.39. The Balaban J connectivity index is 1.57. The zero-order valence-electron chi connectivity index (χ0n) is 16.3. The van der Waals surface area contributed by atoms with Gasteiger partial charge in [0.2, 0.25) is 0 Å². The van der Waals surface area contributed by atoms with Crippen LogP contribution in [0.5, 0.6) is 11.5 Å². The average molecular weight is 385 g/mol.